The molecule has 1 N–H and O–H groups in total. The molecule has 0 fully saturated rings. The van der Waals surface area contributed by atoms with Gasteiger partial charge in [-0.3, -0.25) is 9.59 Å². The number of hydrogen-bond donors (Lipinski definition) is 1. The van der Waals surface area contributed by atoms with Gasteiger partial charge in [-0.1, -0.05) is 0 Å². The fourth-order valence-electron chi connectivity index (χ4n) is 1.66. The van der Waals surface area contributed by atoms with Crippen molar-refractivity contribution in [3.8, 4) is 5.75 Å². The highest BCUT2D eigenvalue weighted by Gasteiger charge is 2.13. The molecule has 7 nitrogen and oxygen atoms in total. The molecular weight excluding hydrogens is 226 g/mol. The van der Waals surface area contributed by atoms with Gasteiger partial charge in [0, 0.05) is 12.4 Å². The number of aromatic nitrogens is 3. The van der Waals surface area contributed by atoms with Crippen molar-refractivity contribution in [1.82, 2.24) is 14.0 Å². The highest BCUT2D eigenvalue weighted by atomic mass is 16.5. The standard InChI is InChI=1S/C10H11N3O4/c1-6-8(17-2)9(16)13-4-3-12(5-7(14)15)10(13)11-6/h3-4H,5H2,1-2H3,(H,14,15). The number of fused-ring (bicyclic) bond motifs is 1. The van der Waals surface area contributed by atoms with E-state index in [1.54, 1.807) is 6.92 Å². The Morgan fingerprint density at radius 2 is 2.24 bits per heavy atom. The van der Waals surface area contributed by atoms with E-state index in [4.69, 9.17) is 9.84 Å². The molecule has 0 aromatic carbocycles. The molecule has 90 valence electrons. The third kappa shape index (κ3) is 1.75. The Morgan fingerprint density at radius 3 is 2.82 bits per heavy atom. The Labute approximate surface area is 95.9 Å². The molecule has 0 saturated carbocycles. The van der Waals surface area contributed by atoms with Crippen molar-refractivity contribution in [3.05, 3.63) is 28.4 Å². The molecule has 0 bridgehead atoms. The summed E-state index contributed by atoms with van der Waals surface area (Å²) in [4.78, 5) is 26.7. The second-order valence-electron chi connectivity index (χ2n) is 3.53. The van der Waals surface area contributed by atoms with Crippen molar-refractivity contribution in [1.29, 1.82) is 0 Å². The molecule has 2 heterocycles. The second kappa shape index (κ2) is 3.93. The molecule has 0 atom stereocenters. The van der Waals surface area contributed by atoms with Crippen molar-refractivity contribution in [2.75, 3.05) is 7.11 Å². The van der Waals surface area contributed by atoms with Crippen LogP contribution in [0, 0.1) is 6.92 Å². The van der Waals surface area contributed by atoms with Gasteiger partial charge in [0.05, 0.1) is 12.8 Å². The monoisotopic (exact) mass is 237 g/mol. The van der Waals surface area contributed by atoms with E-state index in [1.165, 1.54) is 28.5 Å². The van der Waals surface area contributed by atoms with Crippen molar-refractivity contribution < 1.29 is 14.6 Å². The van der Waals surface area contributed by atoms with Crippen LogP contribution in [0.15, 0.2) is 17.2 Å². The molecule has 0 aliphatic rings. The summed E-state index contributed by atoms with van der Waals surface area (Å²) in [5, 5.41) is 8.72. The third-order valence-corrected chi connectivity index (χ3v) is 2.39. The lowest BCUT2D eigenvalue weighted by Gasteiger charge is -2.05. The van der Waals surface area contributed by atoms with Crippen LogP contribution in [-0.4, -0.2) is 32.1 Å². The minimum absolute atomic E-state index is 0.163. The van der Waals surface area contributed by atoms with Crippen LogP contribution >= 0.6 is 0 Å². The van der Waals surface area contributed by atoms with E-state index in [2.05, 4.69) is 4.98 Å². The van der Waals surface area contributed by atoms with Crippen molar-refractivity contribution in [3.63, 3.8) is 0 Å². The van der Waals surface area contributed by atoms with Crippen molar-refractivity contribution >= 4 is 11.7 Å². The Morgan fingerprint density at radius 1 is 1.53 bits per heavy atom. The van der Waals surface area contributed by atoms with Gasteiger partial charge in [0.15, 0.2) is 0 Å². The summed E-state index contributed by atoms with van der Waals surface area (Å²) >= 11 is 0. The van der Waals surface area contributed by atoms with Crippen LogP contribution in [0.4, 0.5) is 0 Å². The first kappa shape index (κ1) is 11.2. The van der Waals surface area contributed by atoms with Crippen molar-refractivity contribution in [2.45, 2.75) is 13.5 Å². The third-order valence-electron chi connectivity index (χ3n) is 2.39. The predicted molar refractivity (Wildman–Crippen MR) is 58.4 cm³/mol. The molecule has 0 aliphatic heterocycles. The minimum atomic E-state index is -0.995. The zero-order valence-corrected chi connectivity index (χ0v) is 9.38. The first-order valence-electron chi connectivity index (χ1n) is 4.88. The number of carboxylic acid groups (broad SMARTS) is 1. The number of hydrogen-bond acceptors (Lipinski definition) is 4. The van der Waals surface area contributed by atoms with Crippen LogP contribution in [-0.2, 0) is 11.3 Å². The van der Waals surface area contributed by atoms with E-state index >= 15 is 0 Å². The molecule has 0 radical (unpaired) electrons. The number of rotatable bonds is 3. The van der Waals surface area contributed by atoms with Gasteiger partial charge >= 0.3 is 11.5 Å². The molecule has 2 rings (SSSR count). The number of nitrogens with zero attached hydrogens (tertiary/aromatic N) is 3. The molecule has 0 spiro atoms. The summed E-state index contributed by atoms with van der Waals surface area (Å²) in [6, 6.07) is 0. The fraction of sp³-hybridized carbons (Fsp3) is 0.300. The van der Waals surface area contributed by atoms with Gasteiger partial charge in [0.25, 0.3) is 0 Å². The average molecular weight is 237 g/mol. The largest absolute Gasteiger partial charge is 0.490 e. The lowest BCUT2D eigenvalue weighted by atomic mass is 10.4. The smallest absolute Gasteiger partial charge is 0.323 e. The van der Waals surface area contributed by atoms with Gasteiger partial charge in [-0.2, -0.15) is 0 Å². The van der Waals surface area contributed by atoms with Crippen LogP contribution in [0.3, 0.4) is 0 Å². The fourth-order valence-corrected chi connectivity index (χ4v) is 1.66. The Hall–Kier alpha value is -2.31. The molecule has 2 aromatic heterocycles. The Kier molecular flexibility index (Phi) is 2.58. The first-order valence-corrected chi connectivity index (χ1v) is 4.88. The van der Waals surface area contributed by atoms with Gasteiger partial charge in [0.2, 0.25) is 11.5 Å². The first-order chi connectivity index (χ1) is 8.04. The molecule has 0 amide bonds. The normalized spacial score (nSPS) is 10.7. The van der Waals surface area contributed by atoms with Gasteiger partial charge in [-0.25, -0.2) is 9.38 Å². The molecule has 7 heteroatoms. The maximum Gasteiger partial charge on any atom is 0.323 e. The van der Waals surface area contributed by atoms with Crippen LogP contribution < -0.4 is 10.3 Å². The molecular formula is C10H11N3O4. The summed E-state index contributed by atoms with van der Waals surface area (Å²) in [6.45, 7) is 1.40. The quantitative estimate of drug-likeness (QED) is 0.805. The minimum Gasteiger partial charge on any atom is -0.490 e. The van der Waals surface area contributed by atoms with Gasteiger partial charge < -0.3 is 14.4 Å². The molecule has 0 unspecified atom stereocenters. The number of aliphatic carboxylic acids is 1. The average Bonchev–Trinajstić information content (AvgIpc) is 2.61. The highest BCUT2D eigenvalue weighted by molar-refractivity contribution is 5.67. The SMILES string of the molecule is COc1c(C)nc2n(CC(=O)O)ccn2c1=O. The number of aryl methyl sites for hydroxylation is 1. The zero-order valence-electron chi connectivity index (χ0n) is 9.38. The molecule has 17 heavy (non-hydrogen) atoms. The highest BCUT2D eigenvalue weighted by Crippen LogP contribution is 2.10. The van der Waals surface area contributed by atoms with E-state index in [0.717, 1.165) is 0 Å². The topological polar surface area (TPSA) is 85.8 Å². The molecule has 0 aliphatic carbocycles. The second-order valence-corrected chi connectivity index (χ2v) is 3.53. The molecule has 2 aromatic rings. The number of carbonyl (C=O) groups is 1. The number of carboxylic acids is 1. The van der Waals surface area contributed by atoms with E-state index in [0.29, 0.717) is 5.69 Å². The van der Waals surface area contributed by atoms with E-state index in [9.17, 15) is 9.59 Å². The van der Waals surface area contributed by atoms with Crippen LogP contribution in [0.1, 0.15) is 5.69 Å². The maximum absolute atomic E-state index is 11.9. The molecule has 0 saturated heterocycles. The van der Waals surface area contributed by atoms with E-state index in [-0.39, 0.29) is 23.6 Å². The van der Waals surface area contributed by atoms with Crippen LogP contribution in [0.5, 0.6) is 5.75 Å². The van der Waals surface area contributed by atoms with Crippen molar-refractivity contribution in [2.24, 2.45) is 0 Å². The summed E-state index contributed by atoms with van der Waals surface area (Å²) in [5.74, 6) is -0.544. The van der Waals surface area contributed by atoms with E-state index < -0.39 is 5.97 Å². The lowest BCUT2D eigenvalue weighted by Crippen LogP contribution is -2.19. The Bertz CT molecular complexity index is 641. The number of ether oxygens (including phenoxy) is 1. The van der Waals surface area contributed by atoms with Crippen LogP contribution in [0.2, 0.25) is 0 Å². The maximum atomic E-state index is 11.9. The summed E-state index contributed by atoms with van der Waals surface area (Å²) in [6.07, 6.45) is 2.96. The van der Waals surface area contributed by atoms with Gasteiger partial charge in [-0.05, 0) is 6.92 Å². The predicted octanol–water partition coefficient (Wildman–Crippen LogP) is -0.102. The lowest BCUT2D eigenvalue weighted by molar-refractivity contribution is -0.137. The van der Waals surface area contributed by atoms with Crippen LogP contribution in [0.25, 0.3) is 5.78 Å². The Balaban J connectivity index is 2.71. The van der Waals surface area contributed by atoms with Gasteiger partial charge in [0.1, 0.15) is 6.54 Å². The number of methoxy groups -OCH3 is 1. The zero-order chi connectivity index (χ0) is 12.6. The van der Waals surface area contributed by atoms with E-state index in [1.807, 2.05) is 0 Å². The summed E-state index contributed by atoms with van der Waals surface area (Å²) in [5.41, 5.74) is 0.0852. The summed E-state index contributed by atoms with van der Waals surface area (Å²) in [7, 11) is 1.39. The number of imidazole rings is 1. The van der Waals surface area contributed by atoms with Gasteiger partial charge in [-0.15, -0.1) is 0 Å². The summed E-state index contributed by atoms with van der Waals surface area (Å²) < 4.78 is 7.60.